The monoisotopic (exact) mass is 647 g/mol. The molecule has 4 aliphatic heterocycles. The maximum absolute atomic E-state index is 14.7. The molecule has 7 atom stereocenters. The second kappa shape index (κ2) is 13.0. The number of rotatable bonds is 5. The second-order valence-corrected chi connectivity index (χ2v) is 12.9. The fourth-order valence-electron chi connectivity index (χ4n) is 7.21. The standard InChI is InChI=1S/C35H38ClN3O7/c1-21(2)25(20-40)39-31-33(43)38(24-14-7-6-13-23(24)36)18-10-17-35(31)30(32(39)42)29-26(46-35)15-8-9-16-28(41)37-19-27(45-34(29)44)22-11-4-3-5-12-22/h3-8,10-15,17,21,25-27,29-31,40H,9,16,18-20H2,1-2H3,(H,37,41)/b15-8-/t25-,26-,27+,29+,30+,31-,35+/m0/s1. The van der Waals surface area contributed by atoms with Crippen LogP contribution in [-0.4, -0.2) is 77.2 Å². The van der Waals surface area contributed by atoms with Crippen molar-refractivity contribution in [2.45, 2.75) is 56.6 Å². The van der Waals surface area contributed by atoms with Crippen LogP contribution in [0, 0.1) is 17.8 Å². The third-order valence-corrected chi connectivity index (χ3v) is 9.76. The average molecular weight is 648 g/mol. The summed E-state index contributed by atoms with van der Waals surface area (Å²) in [6, 6.07) is 14.1. The van der Waals surface area contributed by atoms with Crippen molar-refractivity contribution in [3.63, 3.8) is 0 Å². The molecule has 0 aromatic heterocycles. The molecular formula is C35H38ClN3O7. The minimum Gasteiger partial charge on any atom is -0.455 e. The lowest BCUT2D eigenvalue weighted by Gasteiger charge is -2.40. The van der Waals surface area contributed by atoms with Crippen molar-refractivity contribution < 1.29 is 33.8 Å². The van der Waals surface area contributed by atoms with Gasteiger partial charge in [-0.25, -0.2) is 0 Å². The lowest BCUT2D eigenvalue weighted by molar-refractivity contribution is -0.160. The summed E-state index contributed by atoms with van der Waals surface area (Å²) in [5.41, 5.74) is -0.378. The summed E-state index contributed by atoms with van der Waals surface area (Å²) in [4.78, 5) is 59.2. The number of halogens is 1. The molecule has 4 heterocycles. The molecule has 2 aromatic carbocycles. The lowest BCUT2D eigenvalue weighted by Crippen LogP contribution is -2.59. The van der Waals surface area contributed by atoms with Crippen LogP contribution in [0.4, 0.5) is 5.69 Å². The number of hydrogen-bond donors (Lipinski definition) is 2. The zero-order chi connectivity index (χ0) is 32.6. The smallest absolute Gasteiger partial charge is 0.313 e. The Balaban J connectivity index is 1.47. The number of benzene rings is 2. The maximum atomic E-state index is 14.7. The van der Waals surface area contributed by atoms with E-state index >= 15 is 0 Å². The third-order valence-electron chi connectivity index (χ3n) is 9.44. The second-order valence-electron chi connectivity index (χ2n) is 12.5. The molecule has 1 spiro atoms. The molecule has 4 aliphatic rings. The highest BCUT2D eigenvalue weighted by Crippen LogP contribution is 2.54. The molecule has 0 unspecified atom stereocenters. The average Bonchev–Trinajstić information content (AvgIpc) is 3.43. The molecule has 242 valence electrons. The zero-order valence-electron chi connectivity index (χ0n) is 25.8. The number of aliphatic hydroxyl groups is 1. The molecule has 0 bridgehead atoms. The number of esters is 1. The first-order valence-electron chi connectivity index (χ1n) is 15.7. The Hall–Kier alpha value is -3.99. The number of likely N-dealkylation sites (tertiary alicyclic amines) is 1. The maximum Gasteiger partial charge on any atom is 0.313 e. The van der Waals surface area contributed by atoms with Crippen LogP contribution in [0.25, 0.3) is 0 Å². The highest BCUT2D eigenvalue weighted by Gasteiger charge is 2.72. The minimum absolute atomic E-state index is 0.0557. The van der Waals surface area contributed by atoms with E-state index in [-0.39, 0.29) is 37.9 Å². The van der Waals surface area contributed by atoms with Gasteiger partial charge in [-0.05, 0) is 30.0 Å². The van der Waals surface area contributed by atoms with Gasteiger partial charge in [0.2, 0.25) is 11.8 Å². The number of anilines is 1. The number of fused-ring (bicyclic) bond motifs is 2. The topological polar surface area (TPSA) is 125 Å². The fraction of sp³-hybridized carbons (Fsp3) is 0.429. The van der Waals surface area contributed by atoms with Crippen LogP contribution in [0.15, 0.2) is 78.9 Å². The van der Waals surface area contributed by atoms with Gasteiger partial charge in [-0.1, -0.05) is 92.2 Å². The van der Waals surface area contributed by atoms with Crippen LogP contribution >= 0.6 is 11.6 Å². The first-order valence-corrected chi connectivity index (χ1v) is 16.1. The van der Waals surface area contributed by atoms with Crippen molar-refractivity contribution in [3.8, 4) is 0 Å². The van der Waals surface area contributed by atoms with E-state index in [0.29, 0.717) is 22.7 Å². The van der Waals surface area contributed by atoms with E-state index < -0.39 is 59.5 Å². The molecule has 3 amide bonds. The van der Waals surface area contributed by atoms with Gasteiger partial charge in [-0.3, -0.25) is 19.2 Å². The highest BCUT2D eigenvalue weighted by molar-refractivity contribution is 6.34. The molecule has 2 fully saturated rings. The number of amides is 3. The number of nitrogens with zero attached hydrogens (tertiary/aromatic N) is 2. The number of ether oxygens (including phenoxy) is 2. The van der Waals surface area contributed by atoms with Crippen molar-refractivity contribution in [2.75, 3.05) is 24.6 Å². The molecule has 10 nitrogen and oxygen atoms in total. The number of aliphatic hydroxyl groups excluding tert-OH is 1. The Labute approximate surface area is 273 Å². The first-order chi connectivity index (χ1) is 22.2. The van der Waals surface area contributed by atoms with Crippen LogP contribution in [0.5, 0.6) is 0 Å². The number of allylic oxidation sites excluding steroid dienone is 1. The Bertz CT molecular complexity index is 1560. The van der Waals surface area contributed by atoms with Crippen molar-refractivity contribution in [1.82, 2.24) is 10.2 Å². The quantitative estimate of drug-likeness (QED) is 0.375. The summed E-state index contributed by atoms with van der Waals surface area (Å²) in [6.07, 6.45) is 5.83. The first kappa shape index (κ1) is 32.0. The largest absolute Gasteiger partial charge is 0.455 e. The molecule has 2 saturated heterocycles. The van der Waals surface area contributed by atoms with Gasteiger partial charge in [-0.2, -0.15) is 0 Å². The summed E-state index contributed by atoms with van der Waals surface area (Å²) >= 11 is 6.55. The Kier molecular flexibility index (Phi) is 9.05. The van der Waals surface area contributed by atoms with E-state index in [1.165, 1.54) is 9.80 Å². The van der Waals surface area contributed by atoms with E-state index in [4.69, 9.17) is 21.1 Å². The molecule has 2 aromatic rings. The third kappa shape index (κ3) is 5.52. The molecule has 6 rings (SSSR count). The van der Waals surface area contributed by atoms with E-state index in [1.54, 1.807) is 48.6 Å². The summed E-state index contributed by atoms with van der Waals surface area (Å²) in [7, 11) is 0. The SMILES string of the molecule is CC(C)[C@H](CO)N1C(=O)[C@H]2[C@@H]3C(=O)O[C@@H](c4ccccc4)CNC(=O)CC/C=C\[C@@H]3O[C@]23C=CCN(c2ccccc2Cl)C(=O)[C@H]13. The summed E-state index contributed by atoms with van der Waals surface area (Å²) < 4.78 is 12.9. The van der Waals surface area contributed by atoms with Gasteiger partial charge in [-0.15, -0.1) is 0 Å². The molecule has 0 aliphatic carbocycles. The minimum atomic E-state index is -1.54. The van der Waals surface area contributed by atoms with Crippen LogP contribution in [-0.2, 0) is 28.7 Å². The van der Waals surface area contributed by atoms with E-state index in [0.717, 1.165) is 0 Å². The number of nitrogens with one attached hydrogen (secondary N) is 1. The number of cyclic esters (lactones) is 1. The fourth-order valence-corrected chi connectivity index (χ4v) is 7.45. The van der Waals surface area contributed by atoms with Crippen molar-refractivity contribution in [1.29, 1.82) is 0 Å². The van der Waals surface area contributed by atoms with E-state index in [2.05, 4.69) is 5.32 Å². The Morgan fingerprint density at radius 3 is 2.48 bits per heavy atom. The lowest BCUT2D eigenvalue weighted by atomic mass is 9.77. The van der Waals surface area contributed by atoms with Crippen LogP contribution in [0.1, 0.15) is 38.4 Å². The van der Waals surface area contributed by atoms with Gasteiger partial charge in [0, 0.05) is 13.0 Å². The predicted molar refractivity (Wildman–Crippen MR) is 171 cm³/mol. The van der Waals surface area contributed by atoms with Gasteiger partial charge in [0.15, 0.2) is 0 Å². The van der Waals surface area contributed by atoms with Gasteiger partial charge < -0.3 is 29.7 Å². The molecule has 0 saturated carbocycles. The summed E-state index contributed by atoms with van der Waals surface area (Å²) in [6.45, 7) is 3.56. The van der Waals surface area contributed by atoms with Crippen LogP contribution in [0.3, 0.4) is 0 Å². The number of para-hydroxylation sites is 1. The Morgan fingerprint density at radius 1 is 1.02 bits per heavy atom. The number of carbonyl (C=O) groups excluding carboxylic acids is 4. The zero-order valence-corrected chi connectivity index (χ0v) is 26.5. The van der Waals surface area contributed by atoms with Crippen LogP contribution < -0.4 is 10.2 Å². The summed E-state index contributed by atoms with van der Waals surface area (Å²) in [5.74, 6) is -4.20. The number of carbonyl (C=O) groups is 4. The van der Waals surface area contributed by atoms with Crippen LogP contribution in [0.2, 0.25) is 5.02 Å². The van der Waals surface area contributed by atoms with Crippen molar-refractivity contribution in [3.05, 3.63) is 89.5 Å². The van der Waals surface area contributed by atoms with Gasteiger partial charge in [0.1, 0.15) is 23.7 Å². The van der Waals surface area contributed by atoms with Gasteiger partial charge in [0.25, 0.3) is 5.91 Å². The molecular weight excluding hydrogens is 610 g/mol. The van der Waals surface area contributed by atoms with Gasteiger partial charge in [0.05, 0.1) is 41.9 Å². The van der Waals surface area contributed by atoms with Gasteiger partial charge >= 0.3 is 5.97 Å². The Morgan fingerprint density at radius 2 is 1.76 bits per heavy atom. The normalized spacial score (nSPS) is 31.2. The predicted octanol–water partition coefficient (Wildman–Crippen LogP) is 3.59. The van der Waals surface area contributed by atoms with E-state index in [1.807, 2.05) is 44.2 Å². The molecule has 0 radical (unpaired) electrons. The highest BCUT2D eigenvalue weighted by atomic mass is 35.5. The summed E-state index contributed by atoms with van der Waals surface area (Å²) in [5, 5.41) is 13.8. The van der Waals surface area contributed by atoms with Crippen molar-refractivity contribution in [2.24, 2.45) is 17.8 Å². The molecule has 11 heteroatoms. The van der Waals surface area contributed by atoms with Crippen molar-refractivity contribution >= 4 is 41.0 Å². The van der Waals surface area contributed by atoms with E-state index in [9.17, 15) is 24.3 Å². The number of hydrogen-bond acceptors (Lipinski definition) is 7. The molecule has 46 heavy (non-hydrogen) atoms. The molecule has 2 N–H and O–H groups in total.